The van der Waals surface area contributed by atoms with Crippen LogP contribution in [0.4, 0.5) is 0 Å². The zero-order valence-electron chi connectivity index (χ0n) is 15.2. The largest absolute Gasteiger partial charge is 0.396 e. The molecule has 24 heavy (non-hydrogen) atoms. The standard InChI is InChI=1S/C20H35NO3/c1-12-4-5-15-14(10-21)16(6-7-19(12,15)2)20(3)9-18(24)17(23)8-13(20)11-22/h13-18,22-24H,1,4-11,21H2,2-3H3/t13-,14+,15?,16?,17+,18-,19-,20+/m1/s1. The van der Waals surface area contributed by atoms with Crippen LogP contribution >= 0.6 is 0 Å². The molecular formula is C20H35NO3. The summed E-state index contributed by atoms with van der Waals surface area (Å²) >= 11 is 0. The Morgan fingerprint density at radius 2 is 1.88 bits per heavy atom. The second-order valence-electron chi connectivity index (χ2n) is 9.17. The van der Waals surface area contributed by atoms with Crippen LogP contribution in [0, 0.1) is 34.5 Å². The van der Waals surface area contributed by atoms with Crippen molar-refractivity contribution in [3.63, 3.8) is 0 Å². The number of nitrogens with two attached hydrogens (primary N) is 1. The molecule has 0 aromatic carbocycles. The molecule has 0 amide bonds. The lowest BCUT2D eigenvalue weighted by molar-refractivity contribution is -0.136. The predicted octanol–water partition coefficient (Wildman–Crippen LogP) is 2.07. The molecule has 0 bridgehead atoms. The summed E-state index contributed by atoms with van der Waals surface area (Å²) in [6, 6.07) is 0. The summed E-state index contributed by atoms with van der Waals surface area (Å²) < 4.78 is 0. The molecule has 4 heteroatoms. The third-order valence-corrected chi connectivity index (χ3v) is 8.28. The van der Waals surface area contributed by atoms with E-state index in [0.29, 0.717) is 37.1 Å². The molecule has 0 aromatic rings. The minimum atomic E-state index is -0.716. The van der Waals surface area contributed by atoms with Crippen LogP contribution in [0.1, 0.15) is 52.4 Å². The summed E-state index contributed by atoms with van der Waals surface area (Å²) in [5.41, 5.74) is 7.69. The third-order valence-electron chi connectivity index (χ3n) is 8.28. The summed E-state index contributed by atoms with van der Waals surface area (Å²) in [7, 11) is 0. The van der Waals surface area contributed by atoms with Crippen LogP contribution < -0.4 is 5.73 Å². The van der Waals surface area contributed by atoms with E-state index in [2.05, 4.69) is 20.4 Å². The monoisotopic (exact) mass is 337 g/mol. The van der Waals surface area contributed by atoms with Gasteiger partial charge in [0.15, 0.2) is 0 Å². The molecule has 4 nitrogen and oxygen atoms in total. The Morgan fingerprint density at radius 1 is 1.17 bits per heavy atom. The van der Waals surface area contributed by atoms with Gasteiger partial charge in [0, 0.05) is 6.61 Å². The van der Waals surface area contributed by atoms with E-state index in [0.717, 1.165) is 19.3 Å². The molecule has 0 heterocycles. The average molecular weight is 338 g/mol. The first kappa shape index (κ1) is 18.4. The van der Waals surface area contributed by atoms with Crippen LogP contribution in [0.5, 0.6) is 0 Å². The number of rotatable bonds is 3. The van der Waals surface area contributed by atoms with E-state index in [1.54, 1.807) is 0 Å². The normalized spacial score (nSPS) is 52.3. The van der Waals surface area contributed by atoms with Crippen molar-refractivity contribution in [2.45, 2.75) is 64.6 Å². The highest BCUT2D eigenvalue weighted by Gasteiger charge is 2.57. The molecule has 5 N–H and O–H groups in total. The zero-order chi connectivity index (χ0) is 17.7. The molecular weight excluding hydrogens is 302 g/mol. The Labute approximate surface area is 146 Å². The summed E-state index contributed by atoms with van der Waals surface area (Å²) in [6.07, 6.45) is 4.11. The van der Waals surface area contributed by atoms with Crippen molar-refractivity contribution in [3.8, 4) is 0 Å². The second-order valence-corrected chi connectivity index (χ2v) is 9.17. The first-order chi connectivity index (χ1) is 11.3. The average Bonchev–Trinajstić information content (AvgIpc) is 2.85. The number of aliphatic hydroxyl groups excluding tert-OH is 3. The number of fused-ring (bicyclic) bond motifs is 1. The molecule has 0 saturated heterocycles. The molecule has 2 unspecified atom stereocenters. The van der Waals surface area contributed by atoms with Gasteiger partial charge in [-0.3, -0.25) is 0 Å². The van der Waals surface area contributed by atoms with Gasteiger partial charge in [0.25, 0.3) is 0 Å². The van der Waals surface area contributed by atoms with Gasteiger partial charge in [0.1, 0.15) is 0 Å². The molecule has 3 rings (SSSR count). The lowest BCUT2D eigenvalue weighted by atomic mass is 9.49. The number of allylic oxidation sites excluding steroid dienone is 1. The fraction of sp³-hybridized carbons (Fsp3) is 0.900. The number of aliphatic hydroxyl groups is 3. The Kier molecular flexibility index (Phi) is 4.89. The van der Waals surface area contributed by atoms with E-state index in [-0.39, 0.29) is 23.4 Å². The minimum Gasteiger partial charge on any atom is -0.396 e. The topological polar surface area (TPSA) is 86.7 Å². The lowest BCUT2D eigenvalue weighted by Gasteiger charge is -2.57. The van der Waals surface area contributed by atoms with Crippen LogP contribution in [-0.4, -0.2) is 40.7 Å². The quantitative estimate of drug-likeness (QED) is 0.594. The van der Waals surface area contributed by atoms with E-state index in [9.17, 15) is 15.3 Å². The van der Waals surface area contributed by atoms with Crippen LogP contribution in [-0.2, 0) is 0 Å². The Bertz CT molecular complexity index is 495. The van der Waals surface area contributed by atoms with Crippen LogP contribution in [0.25, 0.3) is 0 Å². The van der Waals surface area contributed by atoms with Gasteiger partial charge in [-0.2, -0.15) is 0 Å². The molecule has 0 aliphatic heterocycles. The van der Waals surface area contributed by atoms with Gasteiger partial charge in [0.2, 0.25) is 0 Å². The van der Waals surface area contributed by atoms with Crippen molar-refractivity contribution >= 4 is 0 Å². The molecule has 3 fully saturated rings. The molecule has 3 aliphatic carbocycles. The fourth-order valence-electron chi connectivity index (χ4n) is 6.55. The minimum absolute atomic E-state index is 0.0314. The summed E-state index contributed by atoms with van der Waals surface area (Å²) in [5, 5.41) is 30.3. The van der Waals surface area contributed by atoms with Crippen molar-refractivity contribution in [1.29, 1.82) is 0 Å². The third kappa shape index (κ3) is 2.57. The lowest BCUT2D eigenvalue weighted by Crippen LogP contribution is -2.55. The highest BCUT2D eigenvalue weighted by Crippen LogP contribution is 2.63. The first-order valence-electron chi connectivity index (χ1n) is 9.63. The van der Waals surface area contributed by atoms with Gasteiger partial charge >= 0.3 is 0 Å². The highest BCUT2D eigenvalue weighted by molar-refractivity contribution is 5.21. The van der Waals surface area contributed by atoms with Gasteiger partial charge in [0.05, 0.1) is 12.2 Å². The van der Waals surface area contributed by atoms with Crippen LogP contribution in [0.3, 0.4) is 0 Å². The van der Waals surface area contributed by atoms with Gasteiger partial charge in [-0.1, -0.05) is 26.0 Å². The maximum Gasteiger partial charge on any atom is 0.0804 e. The highest BCUT2D eigenvalue weighted by atomic mass is 16.3. The SMILES string of the molecule is C=C1CCC2[C@H](CN)C([C@@]3(C)C[C@@H](O)[C@@H](O)C[C@@H]3CO)CC[C@]12C. The molecule has 0 aromatic heterocycles. The molecule has 0 radical (unpaired) electrons. The Morgan fingerprint density at radius 3 is 2.50 bits per heavy atom. The van der Waals surface area contributed by atoms with E-state index >= 15 is 0 Å². The smallest absolute Gasteiger partial charge is 0.0804 e. The fourth-order valence-corrected chi connectivity index (χ4v) is 6.55. The molecule has 8 atom stereocenters. The zero-order valence-corrected chi connectivity index (χ0v) is 15.2. The maximum absolute atomic E-state index is 10.3. The predicted molar refractivity (Wildman–Crippen MR) is 95.2 cm³/mol. The number of hydrogen-bond acceptors (Lipinski definition) is 4. The maximum atomic E-state index is 10.3. The second kappa shape index (κ2) is 6.39. The summed E-state index contributed by atoms with van der Waals surface area (Å²) in [5.74, 6) is 1.40. The van der Waals surface area contributed by atoms with Crippen molar-refractivity contribution in [1.82, 2.24) is 0 Å². The van der Waals surface area contributed by atoms with Crippen molar-refractivity contribution in [2.24, 2.45) is 40.2 Å². The van der Waals surface area contributed by atoms with Crippen molar-refractivity contribution < 1.29 is 15.3 Å². The first-order valence-corrected chi connectivity index (χ1v) is 9.63. The van der Waals surface area contributed by atoms with E-state index < -0.39 is 12.2 Å². The van der Waals surface area contributed by atoms with E-state index in [4.69, 9.17) is 5.73 Å². The van der Waals surface area contributed by atoms with Gasteiger partial charge < -0.3 is 21.1 Å². The van der Waals surface area contributed by atoms with E-state index in [1.165, 1.54) is 12.0 Å². The van der Waals surface area contributed by atoms with Gasteiger partial charge in [-0.15, -0.1) is 0 Å². The van der Waals surface area contributed by atoms with Crippen molar-refractivity contribution in [3.05, 3.63) is 12.2 Å². The molecule has 3 saturated carbocycles. The molecule has 138 valence electrons. The van der Waals surface area contributed by atoms with Gasteiger partial charge in [-0.05, 0) is 79.6 Å². The molecule has 0 spiro atoms. The Balaban J connectivity index is 1.91. The van der Waals surface area contributed by atoms with Crippen molar-refractivity contribution in [2.75, 3.05) is 13.2 Å². The summed E-state index contributed by atoms with van der Waals surface area (Å²) in [4.78, 5) is 0. The van der Waals surface area contributed by atoms with Crippen LogP contribution in [0.15, 0.2) is 12.2 Å². The Hall–Kier alpha value is -0.420. The number of hydrogen-bond donors (Lipinski definition) is 4. The van der Waals surface area contributed by atoms with Gasteiger partial charge in [-0.25, -0.2) is 0 Å². The molecule has 3 aliphatic rings. The van der Waals surface area contributed by atoms with E-state index in [1.807, 2.05) is 0 Å². The van der Waals surface area contributed by atoms with Crippen LogP contribution in [0.2, 0.25) is 0 Å². The summed E-state index contributed by atoms with van der Waals surface area (Å²) in [6.45, 7) is 9.63.